The summed E-state index contributed by atoms with van der Waals surface area (Å²) in [4.78, 5) is 20.3. The molecule has 0 aromatic heterocycles. The summed E-state index contributed by atoms with van der Waals surface area (Å²) in [5.41, 5.74) is 0. The number of carbonyl (C=O) groups excluding carboxylic acids is 1. The predicted octanol–water partition coefficient (Wildman–Crippen LogP) is 12.2. The lowest BCUT2D eigenvalue weighted by molar-refractivity contribution is -0.162. The van der Waals surface area contributed by atoms with Crippen molar-refractivity contribution in [3.05, 3.63) is 0 Å². The Hall–Kier alpha value is -0.100. The van der Waals surface area contributed by atoms with E-state index in [-0.39, 0.29) is 18.1 Å². The molecule has 4 nitrogen and oxygen atoms in total. The van der Waals surface area contributed by atoms with Crippen molar-refractivity contribution < 1.29 is 9.53 Å². The summed E-state index contributed by atoms with van der Waals surface area (Å²) in [7, 11) is 0. The number of ketones is 1. The summed E-state index contributed by atoms with van der Waals surface area (Å²) in [6.07, 6.45) is 45.9. The van der Waals surface area contributed by atoms with Crippen molar-refractivity contribution in [3.8, 4) is 0 Å². The normalized spacial score (nSPS) is 48.5. The van der Waals surface area contributed by atoms with Gasteiger partial charge in [0.1, 0.15) is 5.78 Å². The van der Waals surface area contributed by atoms with Gasteiger partial charge in [0, 0.05) is 59.1 Å². The monoisotopic (exact) mass is 787 g/mol. The highest BCUT2D eigenvalue weighted by molar-refractivity contribution is 8.00. The maximum atomic E-state index is 13.7. The third kappa shape index (κ3) is 7.28. The molecule has 0 N–H and O–H groups in total. The molecule has 0 spiro atoms. The molecule has 0 aromatic carbocycles. The topological polar surface area (TPSA) is 32.8 Å². The van der Waals surface area contributed by atoms with E-state index in [9.17, 15) is 4.79 Å². The summed E-state index contributed by atoms with van der Waals surface area (Å²) in [5.74, 6) is 7.13. The van der Waals surface area contributed by atoms with E-state index < -0.39 is 0 Å². The van der Waals surface area contributed by atoms with Crippen LogP contribution in [0.1, 0.15) is 205 Å². The number of nitrogens with zero attached hydrogens (tertiary/aromatic N) is 2. The molecule has 8 aliphatic carbocycles. The maximum absolute atomic E-state index is 13.7. The number of carbonyl (C=O) groups is 1. The van der Waals surface area contributed by atoms with Gasteiger partial charge in [0.25, 0.3) is 0 Å². The summed E-state index contributed by atoms with van der Waals surface area (Å²) >= 11 is 2.59. The molecule has 11 rings (SSSR count). The molecular weight excluding hydrogens is 705 g/mol. The first-order valence-electron chi connectivity index (χ1n) is 26.1. The number of hydrogen-bond donors (Lipinski definition) is 0. The lowest BCUT2D eigenvalue weighted by atomic mass is 9.65. The van der Waals surface area contributed by atoms with E-state index in [4.69, 9.17) is 4.74 Å². The van der Waals surface area contributed by atoms with Crippen LogP contribution in [0.3, 0.4) is 0 Å². The Morgan fingerprint density at radius 1 is 0.500 bits per heavy atom. The zero-order chi connectivity index (χ0) is 37.2. The Kier molecular flexibility index (Phi) is 11.8. The van der Waals surface area contributed by atoms with Crippen LogP contribution in [0.25, 0.3) is 0 Å². The largest absolute Gasteiger partial charge is 0.373 e. The molecule has 0 radical (unpaired) electrons. The Morgan fingerprint density at radius 2 is 1.16 bits per heavy atom. The Labute approximate surface area is 347 Å². The lowest BCUT2D eigenvalue weighted by Gasteiger charge is -2.51. The maximum Gasteiger partial charge on any atom is 0.141 e. The van der Waals surface area contributed by atoms with Crippen molar-refractivity contribution in [1.29, 1.82) is 0 Å². The SMILES string of the molecule is O=C1CC(C2CCCCC2)OC2CCC(C3CCC(N(C4CCCCC4)C4CCC5SC6C(CCC7C8CCCCC8N(C8CCCCC8)C76)C5C4)CC3)CC12. The van der Waals surface area contributed by atoms with E-state index in [0.717, 1.165) is 102 Å². The van der Waals surface area contributed by atoms with Gasteiger partial charge in [-0.05, 0) is 170 Å². The summed E-state index contributed by atoms with van der Waals surface area (Å²) in [5, 5.41) is 1.91. The van der Waals surface area contributed by atoms with Crippen molar-refractivity contribution in [2.45, 2.75) is 264 Å². The standard InChI is InChI=1S/C51H82N2O2S/c54-46-32-48(34-12-4-1-5-13-34)55-47-28-22-35(30-44(46)47)33-20-23-38(24-21-33)52(36-14-6-2-7-15-36)39-25-29-49-43(31-39)42-27-26-41-40-18-10-11-19-45(40)53(50(41)51(42)56-49)37-16-8-3-9-17-37/h33-45,47-51H,1-32H2. The van der Waals surface area contributed by atoms with Crippen LogP contribution >= 0.6 is 11.8 Å². The van der Waals surface area contributed by atoms with Gasteiger partial charge >= 0.3 is 0 Å². The molecule has 3 aliphatic heterocycles. The molecule has 3 saturated heterocycles. The lowest BCUT2D eigenvalue weighted by Crippen LogP contribution is -2.55. The molecular formula is C51H82N2O2S. The summed E-state index contributed by atoms with van der Waals surface area (Å²) in [6, 6.07) is 5.32. The minimum Gasteiger partial charge on any atom is -0.373 e. The van der Waals surface area contributed by atoms with E-state index in [0.29, 0.717) is 11.7 Å². The third-order valence-electron chi connectivity index (χ3n) is 20.2. The molecule has 56 heavy (non-hydrogen) atoms. The van der Waals surface area contributed by atoms with Gasteiger partial charge in [-0.1, -0.05) is 70.6 Å². The second-order valence-corrected chi connectivity index (χ2v) is 24.1. The van der Waals surface area contributed by atoms with E-state index in [1.165, 1.54) is 161 Å². The number of fused-ring (bicyclic) bond motifs is 8. The van der Waals surface area contributed by atoms with Gasteiger partial charge in [-0.2, -0.15) is 11.8 Å². The fourth-order valence-corrected chi connectivity index (χ4v) is 20.0. The number of ether oxygens (including phenoxy) is 1. The van der Waals surface area contributed by atoms with Crippen LogP contribution < -0.4 is 0 Å². The van der Waals surface area contributed by atoms with Gasteiger partial charge in [-0.25, -0.2) is 0 Å². The highest BCUT2D eigenvalue weighted by atomic mass is 32.2. The van der Waals surface area contributed by atoms with Crippen molar-refractivity contribution in [2.24, 2.45) is 47.3 Å². The Balaban J connectivity index is 0.752. The fourth-order valence-electron chi connectivity index (χ4n) is 17.7. The van der Waals surface area contributed by atoms with Crippen molar-refractivity contribution in [1.82, 2.24) is 9.80 Å². The van der Waals surface area contributed by atoms with Gasteiger partial charge in [0.2, 0.25) is 0 Å². The van der Waals surface area contributed by atoms with Crippen molar-refractivity contribution in [3.63, 3.8) is 0 Å². The average Bonchev–Trinajstić information content (AvgIpc) is 3.81. The van der Waals surface area contributed by atoms with Crippen molar-refractivity contribution >= 4 is 17.5 Å². The second-order valence-electron chi connectivity index (χ2n) is 22.7. The van der Waals surface area contributed by atoms with Gasteiger partial charge < -0.3 is 4.74 Å². The molecule has 11 aliphatic rings. The second kappa shape index (κ2) is 17.0. The molecule has 11 fully saturated rings. The Morgan fingerprint density at radius 3 is 1.96 bits per heavy atom. The van der Waals surface area contributed by atoms with Gasteiger partial charge in [0.15, 0.2) is 0 Å². The summed E-state index contributed by atoms with van der Waals surface area (Å²) < 4.78 is 6.83. The van der Waals surface area contributed by atoms with E-state index >= 15 is 0 Å². The first-order chi connectivity index (χ1) is 27.7. The molecule has 0 aromatic rings. The van der Waals surface area contributed by atoms with Gasteiger partial charge in [0.05, 0.1) is 12.2 Å². The van der Waals surface area contributed by atoms with Crippen LogP contribution in [-0.4, -0.2) is 74.5 Å². The minimum absolute atomic E-state index is 0.214. The van der Waals surface area contributed by atoms with E-state index in [1.54, 1.807) is 25.7 Å². The van der Waals surface area contributed by atoms with Crippen LogP contribution in [0.5, 0.6) is 0 Å². The molecule has 8 saturated carbocycles. The molecule has 0 bridgehead atoms. The predicted molar refractivity (Wildman–Crippen MR) is 231 cm³/mol. The van der Waals surface area contributed by atoms with E-state index in [1.807, 2.05) is 0 Å². The third-order valence-corrected chi connectivity index (χ3v) is 22.1. The number of thioether (sulfide) groups is 1. The zero-order valence-corrected chi connectivity index (χ0v) is 36.5. The summed E-state index contributed by atoms with van der Waals surface area (Å²) in [6.45, 7) is 0. The van der Waals surface area contributed by atoms with Gasteiger partial charge in [-0.3, -0.25) is 14.6 Å². The molecule has 314 valence electrons. The highest BCUT2D eigenvalue weighted by Crippen LogP contribution is 2.62. The van der Waals surface area contributed by atoms with Gasteiger partial charge in [-0.15, -0.1) is 0 Å². The number of likely N-dealkylation sites (tertiary alicyclic amines) is 1. The van der Waals surface area contributed by atoms with Crippen LogP contribution in [0.4, 0.5) is 0 Å². The first kappa shape index (κ1) is 38.8. The Bertz CT molecular complexity index is 1330. The highest BCUT2D eigenvalue weighted by Gasteiger charge is 2.61. The van der Waals surface area contributed by atoms with Crippen LogP contribution in [0.15, 0.2) is 0 Å². The number of Topliss-reactive ketones (excluding diaryl/α,β-unsaturated/α-hetero) is 1. The molecule has 13 atom stereocenters. The molecule has 5 heteroatoms. The van der Waals surface area contributed by atoms with E-state index in [2.05, 4.69) is 21.6 Å². The molecule has 3 heterocycles. The quantitative estimate of drug-likeness (QED) is 0.268. The van der Waals surface area contributed by atoms with Crippen molar-refractivity contribution in [2.75, 3.05) is 0 Å². The smallest absolute Gasteiger partial charge is 0.141 e. The molecule has 13 unspecified atom stereocenters. The zero-order valence-electron chi connectivity index (χ0n) is 35.6. The fraction of sp³-hybridized carbons (Fsp3) is 0.980. The number of rotatable bonds is 6. The van der Waals surface area contributed by atoms with Crippen LogP contribution in [-0.2, 0) is 9.53 Å². The number of hydrogen-bond acceptors (Lipinski definition) is 5. The first-order valence-corrected chi connectivity index (χ1v) is 27.0. The van der Waals surface area contributed by atoms with Crippen LogP contribution in [0, 0.1) is 47.3 Å². The average molecular weight is 787 g/mol. The van der Waals surface area contributed by atoms with Crippen LogP contribution in [0.2, 0.25) is 0 Å². The minimum atomic E-state index is 0.214. The molecule has 0 amide bonds.